The molecule has 0 fully saturated rings. The van der Waals surface area contributed by atoms with Gasteiger partial charge in [-0.05, 0) is 54.7 Å². The second-order valence-corrected chi connectivity index (χ2v) is 8.83. The molecule has 34 heavy (non-hydrogen) atoms. The van der Waals surface area contributed by atoms with Crippen molar-refractivity contribution in [3.05, 3.63) is 95.2 Å². The Balaban J connectivity index is 1.58. The van der Waals surface area contributed by atoms with Crippen LogP contribution in [0.15, 0.2) is 84.1 Å². The highest BCUT2D eigenvalue weighted by molar-refractivity contribution is 6.01. The van der Waals surface area contributed by atoms with Gasteiger partial charge in [0.2, 0.25) is 0 Å². The van der Waals surface area contributed by atoms with Crippen molar-refractivity contribution in [1.82, 2.24) is 0 Å². The van der Waals surface area contributed by atoms with E-state index in [1.54, 1.807) is 7.11 Å². The zero-order valence-corrected chi connectivity index (χ0v) is 19.6. The molecule has 2 aliphatic rings. The Labute approximate surface area is 200 Å². The lowest BCUT2D eigenvalue weighted by Crippen LogP contribution is -2.27. The first kappa shape index (κ1) is 22.1. The molecule has 5 rings (SSSR count). The number of methoxy groups -OCH3 is 1. The Kier molecular flexibility index (Phi) is 6.26. The first-order valence-electron chi connectivity index (χ1n) is 11.9. The van der Waals surface area contributed by atoms with E-state index in [1.807, 2.05) is 42.5 Å². The Morgan fingerprint density at radius 3 is 2.41 bits per heavy atom. The second kappa shape index (κ2) is 9.64. The van der Waals surface area contributed by atoms with Crippen molar-refractivity contribution >= 4 is 17.2 Å². The molecule has 0 radical (unpaired) electrons. The summed E-state index contributed by atoms with van der Waals surface area (Å²) in [6.45, 7) is 2.73. The standard InChI is InChI=1S/C29H30N2O3/c1-3-16-34-27-11-7-4-8-22(27)29-28-25(30-23-9-5-6-10-24(23)31-29)17-20(18-26(28)32)19-12-14-21(33-2)15-13-19/h4-15,20,29-31H,3,16-18H2,1-2H3. The van der Waals surface area contributed by atoms with Gasteiger partial charge in [0.1, 0.15) is 11.5 Å². The Hall–Kier alpha value is -3.73. The molecule has 2 unspecified atom stereocenters. The van der Waals surface area contributed by atoms with Crippen LogP contribution >= 0.6 is 0 Å². The minimum Gasteiger partial charge on any atom is -0.497 e. The van der Waals surface area contributed by atoms with E-state index in [1.165, 1.54) is 0 Å². The molecule has 0 bridgehead atoms. The van der Waals surface area contributed by atoms with Crippen molar-refractivity contribution in [2.45, 2.75) is 38.1 Å². The summed E-state index contributed by atoms with van der Waals surface area (Å²) in [5.41, 5.74) is 5.86. The molecule has 3 aromatic carbocycles. The third-order valence-corrected chi connectivity index (χ3v) is 6.59. The Morgan fingerprint density at radius 2 is 1.65 bits per heavy atom. The Bertz CT molecular complexity index is 1220. The first-order valence-corrected chi connectivity index (χ1v) is 11.9. The monoisotopic (exact) mass is 454 g/mol. The van der Waals surface area contributed by atoms with Gasteiger partial charge in [-0.2, -0.15) is 0 Å². The highest BCUT2D eigenvalue weighted by Gasteiger charge is 2.37. The summed E-state index contributed by atoms with van der Waals surface area (Å²) in [7, 11) is 1.67. The summed E-state index contributed by atoms with van der Waals surface area (Å²) in [5, 5.41) is 7.26. The number of rotatable bonds is 6. The molecule has 1 aliphatic carbocycles. The van der Waals surface area contributed by atoms with E-state index < -0.39 is 0 Å². The number of carbonyl (C=O) groups excluding carboxylic acids is 1. The average molecular weight is 455 g/mol. The fourth-order valence-corrected chi connectivity index (χ4v) is 4.90. The van der Waals surface area contributed by atoms with Gasteiger partial charge in [0.15, 0.2) is 5.78 Å². The fraction of sp³-hybridized carbons (Fsp3) is 0.276. The number of nitrogens with one attached hydrogen (secondary N) is 2. The van der Waals surface area contributed by atoms with Crippen LogP contribution < -0.4 is 20.1 Å². The zero-order chi connectivity index (χ0) is 23.5. The number of fused-ring (bicyclic) bond motifs is 1. The number of hydrogen-bond donors (Lipinski definition) is 2. The van der Waals surface area contributed by atoms with Gasteiger partial charge in [0.05, 0.1) is 31.1 Å². The van der Waals surface area contributed by atoms with Crippen molar-refractivity contribution in [2.24, 2.45) is 0 Å². The van der Waals surface area contributed by atoms with Crippen molar-refractivity contribution in [2.75, 3.05) is 24.4 Å². The van der Waals surface area contributed by atoms with Crippen molar-refractivity contribution < 1.29 is 14.3 Å². The van der Waals surface area contributed by atoms with Crippen LogP contribution in [-0.2, 0) is 4.79 Å². The number of ether oxygens (including phenoxy) is 2. The molecule has 0 spiro atoms. The summed E-state index contributed by atoms with van der Waals surface area (Å²) in [6, 6.07) is 23.9. The van der Waals surface area contributed by atoms with E-state index in [0.717, 1.165) is 58.1 Å². The van der Waals surface area contributed by atoms with Crippen LogP contribution in [0.1, 0.15) is 49.3 Å². The third-order valence-electron chi connectivity index (χ3n) is 6.59. The van der Waals surface area contributed by atoms with Crippen LogP contribution in [0.2, 0.25) is 0 Å². The average Bonchev–Trinajstić information content (AvgIpc) is 3.04. The normalized spacial score (nSPS) is 19.3. The molecular weight excluding hydrogens is 424 g/mol. The molecule has 5 nitrogen and oxygen atoms in total. The summed E-state index contributed by atoms with van der Waals surface area (Å²) in [4.78, 5) is 13.7. The highest BCUT2D eigenvalue weighted by atomic mass is 16.5. The number of carbonyl (C=O) groups is 1. The Morgan fingerprint density at radius 1 is 0.912 bits per heavy atom. The maximum Gasteiger partial charge on any atom is 0.163 e. The van der Waals surface area contributed by atoms with Crippen molar-refractivity contribution in [3.63, 3.8) is 0 Å². The number of Topliss-reactive ketones (excluding diaryl/α,β-unsaturated/α-hetero) is 1. The smallest absolute Gasteiger partial charge is 0.163 e. The molecule has 1 aliphatic heterocycles. The number of benzene rings is 3. The van der Waals surface area contributed by atoms with Crippen molar-refractivity contribution in [3.8, 4) is 11.5 Å². The van der Waals surface area contributed by atoms with Gasteiger partial charge >= 0.3 is 0 Å². The predicted molar refractivity (Wildman–Crippen MR) is 136 cm³/mol. The van der Waals surface area contributed by atoms with E-state index in [0.29, 0.717) is 13.0 Å². The highest BCUT2D eigenvalue weighted by Crippen LogP contribution is 2.45. The number of ketones is 1. The molecule has 3 aromatic rings. The molecule has 0 aromatic heterocycles. The minimum absolute atomic E-state index is 0.113. The zero-order valence-electron chi connectivity index (χ0n) is 19.6. The van der Waals surface area contributed by atoms with Crippen LogP contribution in [0.4, 0.5) is 11.4 Å². The van der Waals surface area contributed by atoms with Crippen LogP contribution in [-0.4, -0.2) is 19.5 Å². The van der Waals surface area contributed by atoms with Gasteiger partial charge in [-0.3, -0.25) is 4.79 Å². The molecule has 1 heterocycles. The molecule has 2 atom stereocenters. The number of para-hydroxylation sites is 3. The first-order chi connectivity index (χ1) is 16.7. The number of hydrogen-bond acceptors (Lipinski definition) is 5. The quantitative estimate of drug-likeness (QED) is 0.447. The van der Waals surface area contributed by atoms with Crippen LogP contribution in [0.5, 0.6) is 11.5 Å². The minimum atomic E-state index is -0.288. The summed E-state index contributed by atoms with van der Waals surface area (Å²) >= 11 is 0. The summed E-state index contributed by atoms with van der Waals surface area (Å²) in [6.07, 6.45) is 2.16. The molecule has 0 amide bonds. The number of allylic oxidation sites excluding steroid dienone is 1. The van der Waals surface area contributed by atoms with Gasteiger partial charge < -0.3 is 20.1 Å². The molecule has 0 saturated carbocycles. The van der Waals surface area contributed by atoms with Gasteiger partial charge in [-0.25, -0.2) is 0 Å². The van der Waals surface area contributed by atoms with E-state index in [9.17, 15) is 4.79 Å². The summed E-state index contributed by atoms with van der Waals surface area (Å²) in [5.74, 6) is 1.91. The number of anilines is 2. The molecule has 5 heteroatoms. The van der Waals surface area contributed by atoms with E-state index in [2.05, 4.69) is 47.9 Å². The fourth-order valence-electron chi connectivity index (χ4n) is 4.90. The van der Waals surface area contributed by atoms with Gasteiger partial charge in [-0.15, -0.1) is 0 Å². The van der Waals surface area contributed by atoms with E-state index >= 15 is 0 Å². The molecule has 2 N–H and O–H groups in total. The van der Waals surface area contributed by atoms with Crippen LogP contribution in [0, 0.1) is 0 Å². The topological polar surface area (TPSA) is 59.6 Å². The molecule has 0 saturated heterocycles. The van der Waals surface area contributed by atoms with Crippen LogP contribution in [0.25, 0.3) is 0 Å². The van der Waals surface area contributed by atoms with E-state index in [-0.39, 0.29) is 17.7 Å². The lowest BCUT2D eigenvalue weighted by molar-refractivity contribution is -0.116. The largest absolute Gasteiger partial charge is 0.497 e. The molecular formula is C29H30N2O3. The van der Waals surface area contributed by atoms with Crippen LogP contribution in [0.3, 0.4) is 0 Å². The van der Waals surface area contributed by atoms with Gasteiger partial charge in [0.25, 0.3) is 0 Å². The maximum atomic E-state index is 13.7. The lowest BCUT2D eigenvalue weighted by atomic mass is 9.78. The maximum absolute atomic E-state index is 13.7. The summed E-state index contributed by atoms with van der Waals surface area (Å²) < 4.78 is 11.4. The van der Waals surface area contributed by atoms with E-state index in [4.69, 9.17) is 9.47 Å². The lowest BCUT2D eigenvalue weighted by Gasteiger charge is -2.30. The van der Waals surface area contributed by atoms with Gasteiger partial charge in [0, 0.05) is 23.3 Å². The predicted octanol–water partition coefficient (Wildman–Crippen LogP) is 6.46. The molecule has 174 valence electrons. The third kappa shape index (κ3) is 4.26. The second-order valence-electron chi connectivity index (χ2n) is 8.83. The van der Waals surface area contributed by atoms with Crippen molar-refractivity contribution in [1.29, 1.82) is 0 Å². The van der Waals surface area contributed by atoms with Gasteiger partial charge in [-0.1, -0.05) is 49.4 Å². The SMILES string of the molecule is CCCOc1ccccc1C1Nc2ccccc2NC2=C1C(=O)CC(c1ccc(OC)cc1)C2.